The van der Waals surface area contributed by atoms with Gasteiger partial charge in [-0.15, -0.1) is 0 Å². The molecule has 1 unspecified atom stereocenters. The van der Waals surface area contributed by atoms with Crippen molar-refractivity contribution >= 4 is 40.9 Å². The molecule has 0 radical (unpaired) electrons. The summed E-state index contributed by atoms with van der Waals surface area (Å²) in [5.74, 6) is 0.0115. The van der Waals surface area contributed by atoms with E-state index in [1.165, 1.54) is 13.1 Å². The molecule has 11 heteroatoms. The van der Waals surface area contributed by atoms with Gasteiger partial charge in [-0.25, -0.2) is 4.98 Å². The third kappa shape index (κ3) is 5.13. The van der Waals surface area contributed by atoms with Gasteiger partial charge in [0.2, 0.25) is 17.8 Å². The normalized spacial score (nSPS) is 17.9. The summed E-state index contributed by atoms with van der Waals surface area (Å²) >= 11 is 0. The lowest BCUT2D eigenvalue weighted by Crippen LogP contribution is -2.59. The molecule has 2 heterocycles. The van der Waals surface area contributed by atoms with Crippen LogP contribution in [0.2, 0.25) is 0 Å². The summed E-state index contributed by atoms with van der Waals surface area (Å²) in [4.78, 5) is 48.2. The topological polar surface area (TPSA) is 146 Å². The summed E-state index contributed by atoms with van der Waals surface area (Å²) in [7, 11) is 1.59. The smallest absolute Gasteiger partial charge is 0.254 e. The van der Waals surface area contributed by atoms with Crippen LogP contribution in [0.5, 0.6) is 0 Å². The van der Waals surface area contributed by atoms with E-state index in [9.17, 15) is 14.4 Å². The first kappa shape index (κ1) is 22.3. The molecular formula is C22H28N8O3. The molecule has 174 valence electrons. The molecular weight excluding hydrogens is 424 g/mol. The molecule has 1 atom stereocenters. The second kappa shape index (κ2) is 9.31. The monoisotopic (exact) mass is 452 g/mol. The highest BCUT2D eigenvalue weighted by Crippen LogP contribution is 2.27. The van der Waals surface area contributed by atoms with Crippen LogP contribution in [0.1, 0.15) is 30.1 Å². The highest BCUT2D eigenvalue weighted by molar-refractivity contribution is 5.97. The Morgan fingerprint density at radius 2 is 1.85 bits per heavy atom. The van der Waals surface area contributed by atoms with Crippen LogP contribution in [0.15, 0.2) is 30.5 Å². The number of aromatic nitrogens is 2. The van der Waals surface area contributed by atoms with Crippen molar-refractivity contribution in [2.75, 3.05) is 42.2 Å². The van der Waals surface area contributed by atoms with Gasteiger partial charge < -0.3 is 31.5 Å². The number of primary amides is 1. The maximum atomic E-state index is 12.5. The molecule has 11 nitrogen and oxygen atoms in total. The Hall–Kier alpha value is -3.89. The number of benzene rings is 1. The van der Waals surface area contributed by atoms with E-state index in [1.54, 1.807) is 11.9 Å². The molecule has 1 saturated carbocycles. The third-order valence-electron chi connectivity index (χ3n) is 5.80. The Kier molecular flexibility index (Phi) is 6.29. The minimum Gasteiger partial charge on any atom is -0.367 e. The standard InChI is InChI=1S/C22H28N8O3/c1-13(31)29-9-10-30(18(12-29)21(33)24-2)16-7-5-15(6-8-16)27-22-25-11-17(19(23)32)20(28-22)26-14-3-4-14/h5-8,11,14,18H,3-4,9-10,12H2,1-2H3,(H2,23,32)(H,24,33)(H2,25,26,27,28). The van der Waals surface area contributed by atoms with E-state index >= 15 is 0 Å². The first-order chi connectivity index (χ1) is 15.9. The number of nitrogens with one attached hydrogen (secondary N) is 3. The Labute approximate surface area is 191 Å². The van der Waals surface area contributed by atoms with E-state index in [0.717, 1.165) is 24.2 Å². The Morgan fingerprint density at radius 1 is 1.12 bits per heavy atom. The number of piperazine rings is 1. The van der Waals surface area contributed by atoms with E-state index in [0.29, 0.717) is 37.4 Å². The second-order valence-corrected chi connectivity index (χ2v) is 8.20. The molecule has 2 aromatic rings. The lowest BCUT2D eigenvalue weighted by atomic mass is 10.1. The number of hydrogen-bond acceptors (Lipinski definition) is 8. The average molecular weight is 453 g/mol. The van der Waals surface area contributed by atoms with Crippen LogP contribution in [0.3, 0.4) is 0 Å². The highest BCUT2D eigenvalue weighted by Gasteiger charge is 2.33. The molecule has 0 bridgehead atoms. The van der Waals surface area contributed by atoms with Gasteiger partial charge in [-0.1, -0.05) is 0 Å². The van der Waals surface area contributed by atoms with Crippen molar-refractivity contribution in [1.29, 1.82) is 0 Å². The van der Waals surface area contributed by atoms with Gasteiger partial charge in [-0.05, 0) is 37.1 Å². The van der Waals surface area contributed by atoms with Gasteiger partial charge in [0, 0.05) is 50.7 Å². The molecule has 3 amide bonds. The van der Waals surface area contributed by atoms with Crippen molar-refractivity contribution in [3.63, 3.8) is 0 Å². The summed E-state index contributed by atoms with van der Waals surface area (Å²) in [5, 5.41) is 9.04. The minimum absolute atomic E-state index is 0.0407. The Balaban J connectivity index is 1.49. The van der Waals surface area contributed by atoms with E-state index in [-0.39, 0.29) is 17.4 Å². The predicted molar refractivity (Wildman–Crippen MR) is 124 cm³/mol. The maximum absolute atomic E-state index is 12.5. The molecule has 5 N–H and O–H groups in total. The van der Waals surface area contributed by atoms with E-state index in [1.807, 2.05) is 29.2 Å². The Morgan fingerprint density at radius 3 is 2.45 bits per heavy atom. The number of carbonyl (C=O) groups is 3. The van der Waals surface area contributed by atoms with Crippen molar-refractivity contribution in [1.82, 2.24) is 20.2 Å². The SMILES string of the molecule is CNC(=O)C1CN(C(C)=O)CCN1c1ccc(Nc2ncc(C(N)=O)c(NC3CC3)n2)cc1. The lowest BCUT2D eigenvalue weighted by molar-refractivity contribution is -0.131. The second-order valence-electron chi connectivity index (χ2n) is 8.20. The molecule has 1 aliphatic heterocycles. The molecule has 1 aliphatic carbocycles. The summed E-state index contributed by atoms with van der Waals surface area (Å²) < 4.78 is 0. The quantitative estimate of drug-likeness (QED) is 0.480. The van der Waals surface area contributed by atoms with Gasteiger partial charge >= 0.3 is 0 Å². The molecule has 2 aliphatic rings. The van der Waals surface area contributed by atoms with Crippen LogP contribution >= 0.6 is 0 Å². The van der Waals surface area contributed by atoms with Crippen LogP contribution < -0.4 is 26.6 Å². The summed E-state index contributed by atoms with van der Waals surface area (Å²) in [5.41, 5.74) is 7.32. The predicted octanol–water partition coefficient (Wildman–Crippen LogP) is 0.677. The van der Waals surface area contributed by atoms with Crippen molar-refractivity contribution in [2.24, 2.45) is 5.73 Å². The molecule has 1 aromatic carbocycles. The van der Waals surface area contributed by atoms with Gasteiger partial charge in [-0.2, -0.15) is 4.98 Å². The largest absolute Gasteiger partial charge is 0.367 e. The fourth-order valence-electron chi connectivity index (χ4n) is 3.79. The molecule has 0 spiro atoms. The first-order valence-electron chi connectivity index (χ1n) is 10.9. The van der Waals surface area contributed by atoms with Gasteiger partial charge in [0.25, 0.3) is 5.91 Å². The summed E-state index contributed by atoms with van der Waals surface area (Å²) in [6.07, 6.45) is 3.48. The third-order valence-corrected chi connectivity index (χ3v) is 5.80. The zero-order valence-electron chi connectivity index (χ0n) is 18.7. The van der Waals surface area contributed by atoms with Crippen molar-refractivity contribution in [3.8, 4) is 0 Å². The average Bonchev–Trinajstić information content (AvgIpc) is 3.62. The van der Waals surface area contributed by atoms with Crippen LogP contribution in [-0.2, 0) is 9.59 Å². The molecule has 4 rings (SSSR count). The van der Waals surface area contributed by atoms with Gasteiger partial charge in [0.15, 0.2) is 0 Å². The number of anilines is 4. The lowest BCUT2D eigenvalue weighted by Gasteiger charge is -2.41. The van der Waals surface area contributed by atoms with Crippen molar-refractivity contribution < 1.29 is 14.4 Å². The number of nitrogens with two attached hydrogens (primary N) is 1. The number of likely N-dealkylation sites (N-methyl/N-ethyl adjacent to an activating group) is 1. The summed E-state index contributed by atoms with van der Waals surface area (Å²) in [6.45, 7) is 2.96. The number of hydrogen-bond donors (Lipinski definition) is 4. The maximum Gasteiger partial charge on any atom is 0.254 e. The summed E-state index contributed by atoms with van der Waals surface area (Å²) in [6, 6.07) is 7.39. The molecule has 2 fully saturated rings. The van der Waals surface area contributed by atoms with Gasteiger partial charge in [-0.3, -0.25) is 14.4 Å². The highest BCUT2D eigenvalue weighted by atomic mass is 16.2. The minimum atomic E-state index is -0.579. The number of carbonyl (C=O) groups excluding carboxylic acids is 3. The fraction of sp³-hybridized carbons (Fsp3) is 0.409. The van der Waals surface area contributed by atoms with Crippen LogP contribution in [0, 0.1) is 0 Å². The molecule has 1 aromatic heterocycles. The van der Waals surface area contributed by atoms with Crippen LogP contribution in [0.4, 0.5) is 23.1 Å². The number of nitrogens with zero attached hydrogens (tertiary/aromatic N) is 4. The molecule has 1 saturated heterocycles. The molecule has 33 heavy (non-hydrogen) atoms. The number of rotatable bonds is 7. The zero-order chi connectivity index (χ0) is 23.5. The van der Waals surface area contributed by atoms with Crippen LogP contribution in [0.25, 0.3) is 0 Å². The Bertz CT molecular complexity index is 1050. The van der Waals surface area contributed by atoms with Crippen LogP contribution in [-0.4, -0.2) is 71.4 Å². The van der Waals surface area contributed by atoms with Gasteiger partial charge in [0.05, 0.1) is 12.1 Å². The van der Waals surface area contributed by atoms with Gasteiger partial charge in [0.1, 0.15) is 11.9 Å². The first-order valence-corrected chi connectivity index (χ1v) is 10.9. The van der Waals surface area contributed by atoms with E-state index in [2.05, 4.69) is 25.9 Å². The van der Waals surface area contributed by atoms with Crippen molar-refractivity contribution in [2.45, 2.75) is 31.8 Å². The zero-order valence-corrected chi connectivity index (χ0v) is 18.7. The number of amides is 3. The van der Waals surface area contributed by atoms with E-state index in [4.69, 9.17) is 5.73 Å². The fourth-order valence-corrected chi connectivity index (χ4v) is 3.79. The van der Waals surface area contributed by atoms with E-state index < -0.39 is 11.9 Å². The van der Waals surface area contributed by atoms with Crippen molar-refractivity contribution in [3.05, 3.63) is 36.0 Å².